The molecule has 1 aromatic rings. The SMILES string of the molecule is O=S(=O)(c1ccc(C2CCCCN2)cc1Cl)C1COC1. The van der Waals surface area contributed by atoms with E-state index in [-0.39, 0.29) is 24.2 Å². The summed E-state index contributed by atoms with van der Waals surface area (Å²) in [5, 5.41) is 3.31. The number of halogens is 1. The van der Waals surface area contributed by atoms with E-state index >= 15 is 0 Å². The minimum atomic E-state index is -3.36. The minimum absolute atomic E-state index is 0.229. The van der Waals surface area contributed by atoms with Gasteiger partial charge in [-0.05, 0) is 37.1 Å². The summed E-state index contributed by atoms with van der Waals surface area (Å²) >= 11 is 6.21. The lowest BCUT2D eigenvalue weighted by molar-refractivity contribution is 0.0416. The van der Waals surface area contributed by atoms with Crippen LogP contribution in [0.15, 0.2) is 23.1 Å². The first-order chi connectivity index (χ1) is 9.59. The molecule has 2 aliphatic rings. The van der Waals surface area contributed by atoms with Crippen molar-refractivity contribution in [1.82, 2.24) is 5.32 Å². The van der Waals surface area contributed by atoms with Gasteiger partial charge in [0.1, 0.15) is 5.25 Å². The van der Waals surface area contributed by atoms with E-state index in [1.165, 1.54) is 12.8 Å². The second kappa shape index (κ2) is 5.64. The number of sulfone groups is 1. The summed E-state index contributed by atoms with van der Waals surface area (Å²) < 4.78 is 29.7. The monoisotopic (exact) mass is 315 g/mol. The van der Waals surface area contributed by atoms with Gasteiger partial charge in [0.05, 0.1) is 23.1 Å². The van der Waals surface area contributed by atoms with E-state index < -0.39 is 15.1 Å². The lowest BCUT2D eigenvalue weighted by Gasteiger charge is -2.27. The van der Waals surface area contributed by atoms with Gasteiger partial charge < -0.3 is 10.1 Å². The molecule has 0 aliphatic carbocycles. The number of piperidine rings is 1. The summed E-state index contributed by atoms with van der Waals surface area (Å²) in [5.41, 5.74) is 1.07. The van der Waals surface area contributed by atoms with Gasteiger partial charge in [-0.15, -0.1) is 0 Å². The average Bonchev–Trinajstić information content (AvgIpc) is 2.36. The highest BCUT2D eigenvalue weighted by Crippen LogP contribution is 2.32. The highest BCUT2D eigenvalue weighted by atomic mass is 35.5. The molecular formula is C14H18ClNO3S. The van der Waals surface area contributed by atoms with Crippen LogP contribution in [0, 0.1) is 0 Å². The van der Waals surface area contributed by atoms with E-state index in [4.69, 9.17) is 16.3 Å². The molecule has 2 aliphatic heterocycles. The van der Waals surface area contributed by atoms with Crippen molar-refractivity contribution in [2.24, 2.45) is 0 Å². The number of benzene rings is 1. The molecule has 2 saturated heterocycles. The van der Waals surface area contributed by atoms with Gasteiger partial charge in [0.25, 0.3) is 0 Å². The highest BCUT2D eigenvalue weighted by molar-refractivity contribution is 7.92. The van der Waals surface area contributed by atoms with E-state index in [0.717, 1.165) is 18.5 Å². The van der Waals surface area contributed by atoms with Crippen LogP contribution in [0.3, 0.4) is 0 Å². The van der Waals surface area contributed by atoms with Crippen molar-refractivity contribution < 1.29 is 13.2 Å². The zero-order valence-corrected chi connectivity index (χ0v) is 12.7. The number of hydrogen-bond donors (Lipinski definition) is 1. The van der Waals surface area contributed by atoms with E-state index in [1.807, 2.05) is 6.07 Å². The fourth-order valence-electron chi connectivity index (χ4n) is 2.67. The van der Waals surface area contributed by atoms with Gasteiger partial charge in [0, 0.05) is 6.04 Å². The van der Waals surface area contributed by atoms with Crippen LogP contribution in [-0.2, 0) is 14.6 Å². The predicted octanol–water partition coefficient (Wildman–Crippen LogP) is 2.33. The molecule has 1 N–H and O–H groups in total. The first kappa shape index (κ1) is 14.3. The van der Waals surface area contributed by atoms with Crippen molar-refractivity contribution >= 4 is 21.4 Å². The molecule has 110 valence electrons. The Bertz CT molecular complexity index is 592. The normalized spacial score (nSPS) is 24.4. The number of nitrogens with one attached hydrogen (secondary N) is 1. The summed E-state index contributed by atoms with van der Waals surface area (Å²) in [7, 11) is -3.36. The Balaban J connectivity index is 1.87. The second-order valence-corrected chi connectivity index (χ2v) is 8.00. The van der Waals surface area contributed by atoms with Crippen molar-refractivity contribution in [2.75, 3.05) is 19.8 Å². The molecule has 2 heterocycles. The molecule has 20 heavy (non-hydrogen) atoms. The molecule has 0 amide bonds. The number of rotatable bonds is 3. The van der Waals surface area contributed by atoms with E-state index in [0.29, 0.717) is 5.02 Å². The summed E-state index contributed by atoms with van der Waals surface area (Å²) in [6.07, 6.45) is 3.45. The smallest absolute Gasteiger partial charge is 0.187 e. The Hall–Kier alpha value is -0.620. The van der Waals surface area contributed by atoms with E-state index in [9.17, 15) is 8.42 Å². The molecule has 2 fully saturated rings. The molecular weight excluding hydrogens is 298 g/mol. The van der Waals surface area contributed by atoms with Crippen molar-refractivity contribution in [2.45, 2.75) is 35.4 Å². The van der Waals surface area contributed by atoms with Gasteiger partial charge in [-0.1, -0.05) is 24.1 Å². The van der Waals surface area contributed by atoms with E-state index in [2.05, 4.69) is 5.32 Å². The number of hydrogen-bond acceptors (Lipinski definition) is 4. The summed E-state index contributed by atoms with van der Waals surface area (Å²) in [6, 6.07) is 5.59. The van der Waals surface area contributed by atoms with Crippen LogP contribution < -0.4 is 5.32 Å². The number of ether oxygens (including phenoxy) is 1. The lowest BCUT2D eigenvalue weighted by Crippen LogP contribution is -2.40. The average molecular weight is 316 g/mol. The molecule has 1 atom stereocenters. The molecule has 4 nitrogen and oxygen atoms in total. The molecule has 0 radical (unpaired) electrons. The molecule has 1 aromatic carbocycles. The molecule has 0 aromatic heterocycles. The molecule has 1 unspecified atom stereocenters. The third-order valence-corrected chi connectivity index (χ3v) is 6.57. The van der Waals surface area contributed by atoms with Gasteiger partial charge in [-0.2, -0.15) is 0 Å². The Morgan fingerprint density at radius 2 is 2.05 bits per heavy atom. The van der Waals surface area contributed by atoms with Crippen LogP contribution in [0.1, 0.15) is 30.9 Å². The molecule has 0 spiro atoms. The highest BCUT2D eigenvalue weighted by Gasteiger charge is 2.35. The Morgan fingerprint density at radius 1 is 1.25 bits per heavy atom. The zero-order valence-electron chi connectivity index (χ0n) is 11.1. The molecule has 6 heteroatoms. The maximum absolute atomic E-state index is 12.3. The summed E-state index contributed by atoms with van der Waals surface area (Å²) in [6.45, 7) is 1.54. The van der Waals surface area contributed by atoms with Gasteiger partial charge >= 0.3 is 0 Å². The summed E-state index contributed by atoms with van der Waals surface area (Å²) in [5.74, 6) is 0. The van der Waals surface area contributed by atoms with Gasteiger partial charge in [0.2, 0.25) is 0 Å². The van der Waals surface area contributed by atoms with Crippen molar-refractivity contribution in [3.63, 3.8) is 0 Å². The van der Waals surface area contributed by atoms with Gasteiger partial charge in [-0.3, -0.25) is 0 Å². The molecule has 3 rings (SSSR count). The topological polar surface area (TPSA) is 55.4 Å². The van der Waals surface area contributed by atoms with Crippen LogP contribution >= 0.6 is 11.6 Å². The van der Waals surface area contributed by atoms with Crippen LogP contribution in [0.25, 0.3) is 0 Å². The second-order valence-electron chi connectivity index (χ2n) is 5.40. The fraction of sp³-hybridized carbons (Fsp3) is 0.571. The lowest BCUT2D eigenvalue weighted by atomic mass is 9.98. The maximum atomic E-state index is 12.3. The van der Waals surface area contributed by atoms with Crippen LogP contribution in [0.4, 0.5) is 0 Å². The van der Waals surface area contributed by atoms with Crippen molar-refractivity contribution in [3.8, 4) is 0 Å². The van der Waals surface area contributed by atoms with Crippen LogP contribution in [0.2, 0.25) is 5.02 Å². The molecule has 0 saturated carbocycles. The van der Waals surface area contributed by atoms with Crippen LogP contribution in [-0.4, -0.2) is 33.4 Å². The third-order valence-electron chi connectivity index (χ3n) is 4.02. The summed E-state index contributed by atoms with van der Waals surface area (Å²) in [4.78, 5) is 0.229. The van der Waals surface area contributed by atoms with E-state index in [1.54, 1.807) is 12.1 Å². The third kappa shape index (κ3) is 2.60. The largest absolute Gasteiger partial charge is 0.379 e. The van der Waals surface area contributed by atoms with Crippen LogP contribution in [0.5, 0.6) is 0 Å². The van der Waals surface area contributed by atoms with Crippen molar-refractivity contribution in [1.29, 1.82) is 0 Å². The first-order valence-electron chi connectivity index (χ1n) is 6.93. The van der Waals surface area contributed by atoms with Crippen molar-refractivity contribution in [3.05, 3.63) is 28.8 Å². The Morgan fingerprint density at radius 3 is 2.60 bits per heavy atom. The van der Waals surface area contributed by atoms with Gasteiger partial charge in [0.15, 0.2) is 9.84 Å². The standard InChI is InChI=1S/C14H18ClNO3S/c15-12-7-10(13-3-1-2-6-16-13)4-5-14(12)20(17,18)11-8-19-9-11/h4-5,7,11,13,16H,1-3,6,8-9H2. The Labute approximate surface area is 124 Å². The molecule has 0 bridgehead atoms. The maximum Gasteiger partial charge on any atom is 0.187 e. The predicted molar refractivity (Wildman–Crippen MR) is 77.8 cm³/mol. The fourth-order valence-corrected chi connectivity index (χ4v) is 4.68. The minimum Gasteiger partial charge on any atom is -0.379 e. The Kier molecular flexibility index (Phi) is 4.04. The quantitative estimate of drug-likeness (QED) is 0.930. The van der Waals surface area contributed by atoms with Gasteiger partial charge in [-0.25, -0.2) is 8.42 Å². The first-order valence-corrected chi connectivity index (χ1v) is 8.86. The zero-order chi connectivity index (χ0) is 14.2.